The number of piperidine rings is 1. The number of nitrogens with zero attached hydrogens (tertiary/aromatic N) is 1. The normalized spacial score (nSPS) is 16.5. The molecule has 0 bridgehead atoms. The summed E-state index contributed by atoms with van der Waals surface area (Å²) in [6, 6.07) is 3.23. The maximum atomic E-state index is 13.3. The van der Waals surface area contributed by atoms with Crippen LogP contribution in [0.3, 0.4) is 0 Å². The van der Waals surface area contributed by atoms with Crippen LogP contribution in [0.1, 0.15) is 23.2 Å². The van der Waals surface area contributed by atoms with Gasteiger partial charge < -0.3 is 20.3 Å². The summed E-state index contributed by atoms with van der Waals surface area (Å²) >= 11 is 5.70. The molecule has 2 rings (SSSR count). The molecule has 0 radical (unpaired) electrons. The molecule has 1 heterocycles. The van der Waals surface area contributed by atoms with Crippen LogP contribution in [0.15, 0.2) is 18.2 Å². The third kappa shape index (κ3) is 5.37. The van der Waals surface area contributed by atoms with Crippen molar-refractivity contribution < 1.29 is 28.9 Å². The summed E-state index contributed by atoms with van der Waals surface area (Å²) in [5.74, 6) is -4.99. The topological polar surface area (TPSA) is 99.1 Å². The van der Waals surface area contributed by atoms with Gasteiger partial charge in [0.15, 0.2) is 0 Å². The van der Waals surface area contributed by atoms with Gasteiger partial charge in [0.2, 0.25) is 5.91 Å². The second-order valence-electron chi connectivity index (χ2n) is 5.96. The van der Waals surface area contributed by atoms with E-state index in [4.69, 9.17) is 11.6 Å². The van der Waals surface area contributed by atoms with Gasteiger partial charge in [0, 0.05) is 16.5 Å². The summed E-state index contributed by atoms with van der Waals surface area (Å²) in [5, 5.41) is 22.6. The Hall–Kier alpha value is -1.74. The Labute approximate surface area is 149 Å². The minimum atomic E-state index is -2.45. The number of esters is 1. The highest BCUT2D eigenvalue weighted by Gasteiger charge is 2.38. The number of carbonyl (C=O) groups is 2. The average molecular weight is 375 g/mol. The lowest BCUT2D eigenvalue weighted by molar-refractivity contribution is -0.222. The lowest BCUT2D eigenvalue weighted by Gasteiger charge is -2.38. The van der Waals surface area contributed by atoms with Crippen LogP contribution in [0, 0.1) is 11.7 Å². The van der Waals surface area contributed by atoms with Gasteiger partial charge >= 0.3 is 5.97 Å². The number of methoxy groups -OCH3 is 1. The highest BCUT2D eigenvalue weighted by molar-refractivity contribution is 6.31. The van der Waals surface area contributed by atoms with Crippen molar-refractivity contribution in [3.8, 4) is 0 Å². The van der Waals surface area contributed by atoms with Crippen LogP contribution in [0.2, 0.25) is 5.02 Å². The van der Waals surface area contributed by atoms with E-state index in [1.807, 2.05) is 4.90 Å². The summed E-state index contributed by atoms with van der Waals surface area (Å²) in [6.45, 7) is 1.02. The Morgan fingerprint density at radius 3 is 2.56 bits per heavy atom. The fraction of sp³-hybridized carbons (Fsp3) is 0.500. The highest BCUT2D eigenvalue weighted by Crippen LogP contribution is 2.25. The second-order valence-corrected chi connectivity index (χ2v) is 6.40. The molecule has 1 aromatic carbocycles. The first-order valence-corrected chi connectivity index (χ1v) is 8.11. The van der Waals surface area contributed by atoms with Gasteiger partial charge in [0.25, 0.3) is 5.91 Å². The van der Waals surface area contributed by atoms with Crippen molar-refractivity contribution >= 4 is 23.5 Å². The Bertz CT molecular complexity index is 627. The second kappa shape index (κ2) is 8.09. The highest BCUT2D eigenvalue weighted by atomic mass is 35.5. The van der Waals surface area contributed by atoms with Crippen LogP contribution >= 0.6 is 11.6 Å². The van der Waals surface area contributed by atoms with Crippen molar-refractivity contribution in [2.45, 2.75) is 18.8 Å². The zero-order valence-corrected chi connectivity index (χ0v) is 14.4. The van der Waals surface area contributed by atoms with Gasteiger partial charge in [-0.15, -0.1) is 0 Å². The van der Waals surface area contributed by atoms with Gasteiger partial charge in [-0.05, 0) is 44.1 Å². The van der Waals surface area contributed by atoms with Crippen LogP contribution in [-0.2, 0) is 9.53 Å². The van der Waals surface area contributed by atoms with E-state index in [1.54, 1.807) is 0 Å². The third-order valence-electron chi connectivity index (χ3n) is 4.16. The average Bonchev–Trinajstić information content (AvgIpc) is 2.54. The minimum Gasteiger partial charge on any atom is -0.468 e. The predicted molar refractivity (Wildman–Crippen MR) is 87.2 cm³/mol. The van der Waals surface area contributed by atoms with Gasteiger partial charge in [0.05, 0.1) is 13.7 Å². The molecule has 0 unspecified atom stereocenters. The maximum Gasteiger partial charge on any atom is 0.319 e. The molecule has 1 aromatic rings. The monoisotopic (exact) mass is 374 g/mol. The Morgan fingerprint density at radius 2 is 2.00 bits per heavy atom. The number of carbonyl (C=O) groups excluding carboxylic acids is 2. The summed E-state index contributed by atoms with van der Waals surface area (Å²) in [4.78, 5) is 25.2. The molecule has 1 saturated heterocycles. The van der Waals surface area contributed by atoms with E-state index in [1.165, 1.54) is 13.2 Å². The number of hydrogen-bond donors (Lipinski definition) is 3. The number of likely N-dealkylation sites (tertiary alicyclic amines) is 1. The number of hydrogen-bond acceptors (Lipinski definition) is 6. The lowest BCUT2D eigenvalue weighted by Crippen LogP contribution is -2.56. The Kier molecular flexibility index (Phi) is 6.34. The first-order chi connectivity index (χ1) is 11.7. The van der Waals surface area contributed by atoms with Crippen molar-refractivity contribution in [2.24, 2.45) is 5.92 Å². The van der Waals surface area contributed by atoms with E-state index in [0.717, 1.165) is 12.1 Å². The molecule has 1 aliphatic rings. The van der Waals surface area contributed by atoms with Crippen molar-refractivity contribution in [1.29, 1.82) is 0 Å². The smallest absolute Gasteiger partial charge is 0.319 e. The van der Waals surface area contributed by atoms with Crippen LogP contribution in [0.4, 0.5) is 4.39 Å². The van der Waals surface area contributed by atoms with Crippen molar-refractivity contribution in [2.75, 3.05) is 26.7 Å². The van der Waals surface area contributed by atoms with E-state index in [0.29, 0.717) is 25.9 Å². The molecule has 25 heavy (non-hydrogen) atoms. The fourth-order valence-electron chi connectivity index (χ4n) is 2.77. The molecule has 1 aliphatic heterocycles. The third-order valence-corrected chi connectivity index (χ3v) is 4.38. The molecule has 0 aromatic heterocycles. The van der Waals surface area contributed by atoms with Crippen molar-refractivity contribution in [3.05, 3.63) is 34.6 Å². The van der Waals surface area contributed by atoms with Crippen molar-refractivity contribution in [3.63, 3.8) is 0 Å². The van der Waals surface area contributed by atoms with Gasteiger partial charge in [-0.3, -0.25) is 14.5 Å². The van der Waals surface area contributed by atoms with E-state index in [9.17, 15) is 24.2 Å². The molecule has 0 spiro atoms. The molecular weight excluding hydrogens is 355 g/mol. The van der Waals surface area contributed by atoms with Gasteiger partial charge in [-0.1, -0.05) is 11.6 Å². The molecular formula is C16H20ClFN2O5. The van der Waals surface area contributed by atoms with Gasteiger partial charge in [-0.2, -0.15) is 0 Å². The number of amides is 1. The molecule has 9 heteroatoms. The fourth-order valence-corrected chi connectivity index (χ4v) is 2.99. The SMILES string of the molecule is COC(=O)CN1CCC(C(O)(O)NC(=O)c2cc(F)cc(Cl)c2)CC1. The minimum absolute atomic E-state index is 0.0303. The number of ether oxygens (including phenoxy) is 1. The quantitative estimate of drug-likeness (QED) is 0.519. The molecule has 138 valence electrons. The van der Waals surface area contributed by atoms with E-state index in [2.05, 4.69) is 10.1 Å². The first kappa shape index (κ1) is 19.6. The Morgan fingerprint density at radius 1 is 1.36 bits per heavy atom. The molecule has 7 nitrogen and oxygen atoms in total. The summed E-state index contributed by atoms with van der Waals surface area (Å²) in [7, 11) is 1.30. The zero-order valence-electron chi connectivity index (χ0n) is 13.7. The molecule has 0 saturated carbocycles. The number of benzene rings is 1. The number of halogens is 2. The van der Waals surface area contributed by atoms with Gasteiger partial charge in [0.1, 0.15) is 5.82 Å². The number of nitrogens with one attached hydrogen (secondary N) is 1. The lowest BCUT2D eigenvalue weighted by atomic mass is 9.92. The molecule has 1 amide bonds. The maximum absolute atomic E-state index is 13.3. The van der Waals surface area contributed by atoms with E-state index >= 15 is 0 Å². The zero-order chi connectivity index (χ0) is 18.6. The largest absolute Gasteiger partial charge is 0.468 e. The molecule has 1 fully saturated rings. The standard InChI is InChI=1S/C16H20ClFN2O5/c1-25-14(21)9-20-4-2-11(3-5-20)16(23,24)19-15(22)10-6-12(17)8-13(18)7-10/h6-8,11,23-24H,2-5,9H2,1H3,(H,19,22). The molecule has 0 aliphatic carbocycles. The summed E-state index contributed by atoms with van der Waals surface area (Å²) in [6.07, 6.45) is 0.711. The number of rotatable bonds is 5. The van der Waals surface area contributed by atoms with E-state index in [-0.39, 0.29) is 23.1 Å². The van der Waals surface area contributed by atoms with E-state index < -0.39 is 23.6 Å². The summed E-state index contributed by atoms with van der Waals surface area (Å²) in [5.41, 5.74) is -0.111. The van der Waals surface area contributed by atoms with Crippen LogP contribution in [-0.4, -0.2) is 59.6 Å². The van der Waals surface area contributed by atoms with Crippen LogP contribution < -0.4 is 5.32 Å². The Balaban J connectivity index is 1.95. The molecule has 0 atom stereocenters. The predicted octanol–water partition coefficient (Wildman–Crippen LogP) is 0.732. The molecule has 3 N–H and O–H groups in total. The van der Waals surface area contributed by atoms with Crippen LogP contribution in [0.5, 0.6) is 0 Å². The van der Waals surface area contributed by atoms with Crippen molar-refractivity contribution in [1.82, 2.24) is 10.2 Å². The first-order valence-electron chi connectivity index (χ1n) is 7.74. The summed E-state index contributed by atoms with van der Waals surface area (Å²) < 4.78 is 17.9. The van der Waals surface area contributed by atoms with Gasteiger partial charge in [-0.25, -0.2) is 4.39 Å². The van der Waals surface area contributed by atoms with Crippen LogP contribution in [0.25, 0.3) is 0 Å². The number of aliphatic hydroxyl groups is 2.